The van der Waals surface area contributed by atoms with Crippen molar-refractivity contribution in [2.45, 2.75) is 142 Å². The molecule has 5 atom stereocenters. The lowest BCUT2D eigenvalue weighted by atomic mass is 9.69. The van der Waals surface area contributed by atoms with Crippen molar-refractivity contribution in [3.05, 3.63) is 47.5 Å². The highest BCUT2D eigenvalue weighted by molar-refractivity contribution is 6.74. The van der Waals surface area contributed by atoms with Crippen molar-refractivity contribution in [1.82, 2.24) is 0 Å². The first-order chi connectivity index (χ1) is 25.0. The Kier molecular flexibility index (Phi) is 18.1. The van der Waals surface area contributed by atoms with E-state index in [0.717, 1.165) is 32.1 Å². The minimum Gasteiger partial charge on any atom is -0.465 e. The first kappa shape index (κ1) is 46.2. The van der Waals surface area contributed by atoms with Crippen molar-refractivity contribution in [3.8, 4) is 0 Å². The van der Waals surface area contributed by atoms with E-state index >= 15 is 4.39 Å². The van der Waals surface area contributed by atoms with Crippen LogP contribution in [0.5, 0.6) is 0 Å². The number of esters is 1. The number of alkyl halides is 1. The lowest BCUT2D eigenvalue weighted by Gasteiger charge is -2.43. The molecule has 3 rings (SSSR count). The summed E-state index contributed by atoms with van der Waals surface area (Å²) < 4.78 is 41.7. The first-order valence-corrected chi connectivity index (χ1v) is 27.1. The number of ether oxygens (including phenoxy) is 1. The van der Waals surface area contributed by atoms with Crippen molar-refractivity contribution < 1.29 is 42.5 Å². The molecule has 8 nitrogen and oxygen atoms in total. The Bertz CT molecular complexity index is 1240. The zero-order chi connectivity index (χ0) is 39.5. The summed E-state index contributed by atoms with van der Waals surface area (Å²) in [7, 11) is -3.55. The highest BCUT2D eigenvalue weighted by Gasteiger charge is 2.52. The molecular formula is C41H73FO8Si3. The van der Waals surface area contributed by atoms with E-state index in [-0.39, 0.29) is 53.6 Å². The van der Waals surface area contributed by atoms with Crippen LogP contribution in [0.3, 0.4) is 0 Å². The van der Waals surface area contributed by atoms with Gasteiger partial charge in [0.1, 0.15) is 19.1 Å². The maximum Gasteiger partial charge on any atom is 0.305 e. The average molecular weight is 797 g/mol. The summed E-state index contributed by atoms with van der Waals surface area (Å²) >= 11 is 0. The number of hydrogen-bond acceptors (Lipinski definition) is 8. The molecule has 0 unspecified atom stereocenters. The minimum absolute atomic E-state index is 0.0763. The number of hydrogen-bond donors (Lipinski definition) is 3. The second-order valence-corrected chi connectivity index (χ2v) is 24.5. The Morgan fingerprint density at radius 1 is 0.962 bits per heavy atom. The summed E-state index contributed by atoms with van der Waals surface area (Å²) in [5.41, 5.74) is 1.26. The number of benzene rings is 1. The van der Waals surface area contributed by atoms with Gasteiger partial charge in [0.15, 0.2) is 27.8 Å². The van der Waals surface area contributed by atoms with E-state index < -0.39 is 65.2 Å². The zero-order valence-corrected chi connectivity index (χ0v) is 38.2. The summed E-state index contributed by atoms with van der Waals surface area (Å²) in [5, 5.41) is 28.6. The summed E-state index contributed by atoms with van der Waals surface area (Å²) in [6, 6.07) is 8.76. The molecule has 0 radical (unpaired) electrons. The lowest BCUT2D eigenvalue weighted by molar-refractivity contribution is -0.151. The molecule has 0 spiro atoms. The number of halogens is 1. The van der Waals surface area contributed by atoms with Gasteiger partial charge in [-0.15, -0.1) is 0 Å². The largest absolute Gasteiger partial charge is 0.465 e. The van der Waals surface area contributed by atoms with E-state index in [9.17, 15) is 20.1 Å². The SMILES string of the molecule is C[SiH2]OC(O[SiH2]C)C(C)(C)[C@@H]1C[C@H](F)[C@H](CC[C@@H](O[Si](C)(C)C(C)(C)C)C2Cc3ccccc3C2)[C@@H]1CC=CCCCC(=O)OCC(CO)(CO)CO. The summed E-state index contributed by atoms with van der Waals surface area (Å²) in [4.78, 5) is 12.4. The van der Waals surface area contributed by atoms with E-state index in [1.807, 2.05) is 0 Å². The third kappa shape index (κ3) is 12.4. The number of carbonyl (C=O) groups excluding carboxylic acids is 1. The molecule has 0 aliphatic heterocycles. The normalized spacial score (nSPS) is 23.2. The Labute approximate surface area is 326 Å². The molecule has 0 bridgehead atoms. The topological polar surface area (TPSA) is 115 Å². The minimum atomic E-state index is -2.09. The number of aliphatic hydroxyl groups excluding tert-OH is 3. The van der Waals surface area contributed by atoms with Crippen LogP contribution in [0, 0.1) is 34.5 Å². The highest BCUT2D eigenvalue weighted by atomic mass is 28.4. The molecule has 0 amide bonds. The molecule has 1 saturated carbocycles. The third-order valence-electron chi connectivity index (χ3n) is 12.7. The van der Waals surface area contributed by atoms with Crippen LogP contribution in [0.1, 0.15) is 90.7 Å². The van der Waals surface area contributed by atoms with Gasteiger partial charge in [-0.1, -0.05) is 84.1 Å². The van der Waals surface area contributed by atoms with Gasteiger partial charge in [0, 0.05) is 17.9 Å². The fourth-order valence-electron chi connectivity index (χ4n) is 8.19. The molecular weight excluding hydrogens is 724 g/mol. The van der Waals surface area contributed by atoms with Crippen molar-refractivity contribution >= 4 is 33.8 Å². The van der Waals surface area contributed by atoms with Gasteiger partial charge in [0.2, 0.25) is 0 Å². The van der Waals surface area contributed by atoms with Gasteiger partial charge in [-0.2, -0.15) is 0 Å². The molecule has 0 aromatic heterocycles. The van der Waals surface area contributed by atoms with E-state index in [1.54, 1.807) is 0 Å². The van der Waals surface area contributed by atoms with Gasteiger partial charge in [0.05, 0.1) is 25.2 Å². The van der Waals surface area contributed by atoms with Gasteiger partial charge in [-0.3, -0.25) is 4.79 Å². The second-order valence-electron chi connectivity index (χ2n) is 17.9. The summed E-state index contributed by atoms with van der Waals surface area (Å²) in [6.07, 6.45) is 9.47. The fraction of sp³-hybridized carbons (Fsp3) is 0.780. The molecule has 53 heavy (non-hydrogen) atoms. The monoisotopic (exact) mass is 796 g/mol. The number of aliphatic hydroxyl groups is 3. The van der Waals surface area contributed by atoms with Crippen LogP contribution in [0.15, 0.2) is 36.4 Å². The zero-order valence-electron chi connectivity index (χ0n) is 34.4. The van der Waals surface area contributed by atoms with Crippen LogP contribution in [0.4, 0.5) is 4.39 Å². The van der Waals surface area contributed by atoms with Crippen LogP contribution < -0.4 is 0 Å². The number of carbonyl (C=O) groups is 1. The van der Waals surface area contributed by atoms with Gasteiger partial charge in [0.25, 0.3) is 0 Å². The number of unbranched alkanes of at least 4 members (excludes halogenated alkanes) is 1. The molecule has 12 heteroatoms. The molecule has 2 aliphatic carbocycles. The van der Waals surface area contributed by atoms with E-state index in [2.05, 4.69) is 97.2 Å². The van der Waals surface area contributed by atoms with Crippen LogP contribution in [0.2, 0.25) is 31.2 Å². The number of allylic oxidation sites excluding steroid dienone is 2. The van der Waals surface area contributed by atoms with Gasteiger partial charge in [-0.25, -0.2) is 4.39 Å². The van der Waals surface area contributed by atoms with Crippen molar-refractivity contribution in [1.29, 1.82) is 0 Å². The Hall–Kier alpha value is -1.23. The maximum atomic E-state index is 16.6. The first-order valence-electron chi connectivity index (χ1n) is 20.2. The standard InChI is InChI=1S/C41H73FO8Si3/c1-39(2,3)53(8,9)50-36(31-22-29-16-14-15-17-30(29)23-31)21-20-33-32(34(24-35(33)42)40(4,5)38(48-51-6)49-52-7)18-12-10-11-13-19-37(46)47-28-41(25-43,26-44)27-45/h10,12,14-17,31-36,38,43-45H,11,13,18-28,51-52H2,1-9H3/t32-,33+,34+,35-,36+/m0/s1. The highest BCUT2D eigenvalue weighted by Crippen LogP contribution is 2.53. The maximum absolute atomic E-state index is 16.6. The smallest absolute Gasteiger partial charge is 0.305 e. The Balaban J connectivity index is 1.77. The van der Waals surface area contributed by atoms with E-state index in [4.69, 9.17) is 18.0 Å². The predicted molar refractivity (Wildman–Crippen MR) is 219 cm³/mol. The predicted octanol–water partition coefficient (Wildman–Crippen LogP) is 6.43. The number of rotatable bonds is 23. The molecule has 1 fully saturated rings. The summed E-state index contributed by atoms with van der Waals surface area (Å²) in [6.45, 7) is 18.6. The molecule has 2 aliphatic rings. The third-order valence-corrected chi connectivity index (χ3v) is 18.5. The summed E-state index contributed by atoms with van der Waals surface area (Å²) in [5.74, 6) is 0.0671. The molecule has 1 aromatic carbocycles. The fourth-order valence-corrected chi connectivity index (χ4v) is 11.5. The Morgan fingerprint density at radius 3 is 2.08 bits per heavy atom. The molecule has 1 aromatic rings. The quantitative estimate of drug-likeness (QED) is 0.0382. The van der Waals surface area contributed by atoms with Crippen molar-refractivity contribution in [2.75, 3.05) is 26.4 Å². The van der Waals surface area contributed by atoms with E-state index in [0.29, 0.717) is 25.2 Å². The van der Waals surface area contributed by atoms with Crippen LogP contribution in [-0.2, 0) is 35.7 Å². The molecule has 304 valence electrons. The number of fused-ring (bicyclic) bond motifs is 1. The molecule has 0 saturated heterocycles. The molecule has 0 heterocycles. The average Bonchev–Trinajstić information content (AvgIpc) is 3.69. The van der Waals surface area contributed by atoms with Gasteiger partial charge < -0.3 is 33.3 Å². The van der Waals surface area contributed by atoms with Crippen LogP contribution in [-0.4, -0.2) is 94.1 Å². The Morgan fingerprint density at radius 2 is 1.55 bits per heavy atom. The van der Waals surface area contributed by atoms with Gasteiger partial charge >= 0.3 is 5.97 Å². The van der Waals surface area contributed by atoms with Crippen molar-refractivity contribution in [3.63, 3.8) is 0 Å². The van der Waals surface area contributed by atoms with Gasteiger partial charge in [-0.05, 0) is 104 Å². The second kappa shape index (κ2) is 20.8. The van der Waals surface area contributed by atoms with E-state index in [1.165, 1.54) is 11.1 Å². The van der Waals surface area contributed by atoms with Crippen molar-refractivity contribution in [2.24, 2.45) is 34.5 Å². The molecule has 3 N–H and O–H groups in total. The lowest BCUT2D eigenvalue weighted by Crippen LogP contribution is -2.46. The van der Waals surface area contributed by atoms with Crippen LogP contribution in [0.25, 0.3) is 0 Å². The van der Waals surface area contributed by atoms with Crippen LogP contribution >= 0.6 is 0 Å².